The van der Waals surface area contributed by atoms with Gasteiger partial charge in [-0.15, -0.1) is 0 Å². The number of benzene rings is 2. The van der Waals surface area contributed by atoms with Gasteiger partial charge in [-0.3, -0.25) is 4.98 Å². The summed E-state index contributed by atoms with van der Waals surface area (Å²) in [5.41, 5.74) is 4.21. The van der Waals surface area contributed by atoms with Gasteiger partial charge in [-0.2, -0.15) is 15.3 Å². The highest BCUT2D eigenvalue weighted by Crippen LogP contribution is 2.35. The minimum atomic E-state index is 0.725. The largest absolute Gasteiger partial charge is 0.497 e. The van der Waals surface area contributed by atoms with Crippen LogP contribution in [0.4, 0.5) is 5.69 Å². The number of hydrogen-bond donors (Lipinski definition) is 0. The molecule has 0 aliphatic carbocycles. The second-order valence-corrected chi connectivity index (χ2v) is 5.95. The molecule has 1 aromatic heterocycles. The van der Waals surface area contributed by atoms with Gasteiger partial charge in [0.05, 0.1) is 31.3 Å². The number of rotatable bonds is 7. The van der Waals surface area contributed by atoms with Gasteiger partial charge in [0.2, 0.25) is 0 Å². The maximum absolute atomic E-state index is 5.53. The highest BCUT2D eigenvalue weighted by molar-refractivity contribution is 5.97. The zero-order valence-electron chi connectivity index (χ0n) is 16.2. The summed E-state index contributed by atoms with van der Waals surface area (Å²) in [6.07, 6.45) is 1.73. The Labute approximate surface area is 164 Å². The van der Waals surface area contributed by atoms with E-state index < -0.39 is 0 Å². The van der Waals surface area contributed by atoms with Crippen LogP contribution in [-0.2, 0) is 0 Å². The fraction of sp³-hybridized carbons (Fsp3) is 0.136. The molecule has 0 N–H and O–H groups in total. The normalized spacial score (nSPS) is 11.0. The average molecular weight is 374 g/mol. The monoisotopic (exact) mass is 374 g/mol. The lowest BCUT2D eigenvalue weighted by molar-refractivity contribution is 0.395. The summed E-state index contributed by atoms with van der Waals surface area (Å²) in [7, 11) is 3.27. The van der Waals surface area contributed by atoms with E-state index in [1.807, 2.05) is 67.6 Å². The first-order chi connectivity index (χ1) is 13.7. The van der Waals surface area contributed by atoms with Crippen LogP contribution in [0.3, 0.4) is 0 Å². The van der Waals surface area contributed by atoms with E-state index in [0.717, 1.165) is 39.7 Å². The third-order valence-corrected chi connectivity index (χ3v) is 4.21. The standard InChI is InChI=1S/C22H22N4O2/c1-16(21-10-5-6-13-24-21)25-26(23-2)18-9-7-8-17(14-18)20-12-11-19(27-3)15-22(20)28-4/h5-15H,2H2,1,3-4H3/b25-16+. The number of aromatic nitrogens is 1. The Hall–Kier alpha value is -3.67. The van der Waals surface area contributed by atoms with E-state index in [9.17, 15) is 0 Å². The van der Waals surface area contributed by atoms with E-state index in [4.69, 9.17) is 9.47 Å². The van der Waals surface area contributed by atoms with Crippen LogP contribution in [0.15, 0.2) is 77.1 Å². The summed E-state index contributed by atoms with van der Waals surface area (Å²) in [5.74, 6) is 1.46. The van der Waals surface area contributed by atoms with Crippen molar-refractivity contribution in [2.45, 2.75) is 6.92 Å². The van der Waals surface area contributed by atoms with Crippen LogP contribution in [0.1, 0.15) is 12.6 Å². The molecule has 3 rings (SSSR count). The van der Waals surface area contributed by atoms with Crippen molar-refractivity contribution in [1.82, 2.24) is 4.98 Å². The molecule has 6 heteroatoms. The number of hydrazone groups is 2. The Morgan fingerprint density at radius 1 is 1.00 bits per heavy atom. The SMILES string of the molecule is C=NN(/N=C(\C)c1ccccn1)c1cccc(-c2ccc(OC)cc2OC)c1. The van der Waals surface area contributed by atoms with Gasteiger partial charge in [0.25, 0.3) is 0 Å². The molecular weight excluding hydrogens is 352 g/mol. The Morgan fingerprint density at radius 3 is 2.54 bits per heavy atom. The molecule has 0 aliphatic heterocycles. The van der Waals surface area contributed by atoms with Crippen molar-refractivity contribution in [3.8, 4) is 22.6 Å². The minimum absolute atomic E-state index is 0.725. The molecule has 2 aromatic carbocycles. The van der Waals surface area contributed by atoms with E-state index in [2.05, 4.69) is 21.9 Å². The average Bonchev–Trinajstić information content (AvgIpc) is 2.77. The van der Waals surface area contributed by atoms with Crippen molar-refractivity contribution in [3.63, 3.8) is 0 Å². The summed E-state index contributed by atoms with van der Waals surface area (Å²) >= 11 is 0. The molecule has 0 saturated heterocycles. The first kappa shape index (κ1) is 19.1. The van der Waals surface area contributed by atoms with Gasteiger partial charge in [-0.25, -0.2) is 0 Å². The van der Waals surface area contributed by atoms with Gasteiger partial charge in [0.15, 0.2) is 0 Å². The van der Waals surface area contributed by atoms with E-state index in [1.54, 1.807) is 20.4 Å². The van der Waals surface area contributed by atoms with Crippen LogP contribution in [0.5, 0.6) is 11.5 Å². The summed E-state index contributed by atoms with van der Waals surface area (Å²) in [4.78, 5) is 4.32. The maximum atomic E-state index is 5.53. The first-order valence-corrected chi connectivity index (χ1v) is 8.72. The summed E-state index contributed by atoms with van der Waals surface area (Å²) in [6.45, 7) is 5.54. The third kappa shape index (κ3) is 4.17. The second kappa shape index (κ2) is 8.81. The molecule has 1 heterocycles. The van der Waals surface area contributed by atoms with E-state index in [-0.39, 0.29) is 0 Å². The summed E-state index contributed by atoms with van der Waals surface area (Å²) < 4.78 is 10.8. The zero-order chi connectivity index (χ0) is 19.9. The molecule has 0 radical (unpaired) electrons. The van der Waals surface area contributed by atoms with Crippen LogP contribution >= 0.6 is 0 Å². The lowest BCUT2D eigenvalue weighted by atomic mass is 10.0. The molecule has 0 spiro atoms. The molecule has 28 heavy (non-hydrogen) atoms. The quantitative estimate of drug-likeness (QED) is 0.447. The van der Waals surface area contributed by atoms with Gasteiger partial charge in [-0.05, 0) is 48.9 Å². The molecule has 0 bridgehead atoms. The molecular formula is C22H22N4O2. The summed E-state index contributed by atoms with van der Waals surface area (Å²) in [5, 5.41) is 10.1. The van der Waals surface area contributed by atoms with Crippen molar-refractivity contribution < 1.29 is 9.47 Å². The molecule has 0 amide bonds. The van der Waals surface area contributed by atoms with Crippen LogP contribution in [-0.4, -0.2) is 31.6 Å². The van der Waals surface area contributed by atoms with E-state index in [1.165, 1.54) is 5.12 Å². The molecule has 0 unspecified atom stereocenters. The van der Waals surface area contributed by atoms with Gasteiger partial charge in [-0.1, -0.05) is 18.2 Å². The number of ether oxygens (including phenoxy) is 2. The van der Waals surface area contributed by atoms with E-state index >= 15 is 0 Å². The van der Waals surface area contributed by atoms with Gasteiger partial charge >= 0.3 is 0 Å². The third-order valence-electron chi connectivity index (χ3n) is 4.21. The highest BCUT2D eigenvalue weighted by Gasteiger charge is 2.11. The maximum Gasteiger partial charge on any atom is 0.130 e. The van der Waals surface area contributed by atoms with Gasteiger partial charge < -0.3 is 9.47 Å². The summed E-state index contributed by atoms with van der Waals surface area (Å²) in [6, 6.07) is 19.3. The van der Waals surface area contributed by atoms with Crippen LogP contribution < -0.4 is 14.6 Å². The van der Waals surface area contributed by atoms with Crippen molar-refractivity contribution in [2.75, 3.05) is 19.3 Å². The number of methoxy groups -OCH3 is 2. The van der Waals surface area contributed by atoms with Crippen LogP contribution in [0, 0.1) is 0 Å². The molecule has 142 valence electrons. The number of anilines is 1. The van der Waals surface area contributed by atoms with Gasteiger partial charge in [0.1, 0.15) is 11.5 Å². The molecule has 3 aromatic rings. The Morgan fingerprint density at radius 2 is 1.86 bits per heavy atom. The van der Waals surface area contributed by atoms with Crippen molar-refractivity contribution >= 4 is 18.1 Å². The van der Waals surface area contributed by atoms with Crippen molar-refractivity contribution in [1.29, 1.82) is 0 Å². The predicted octanol–water partition coefficient (Wildman–Crippen LogP) is 4.61. The van der Waals surface area contributed by atoms with E-state index in [0.29, 0.717) is 0 Å². The molecule has 0 saturated carbocycles. The Bertz CT molecular complexity index is 987. The lowest BCUT2D eigenvalue weighted by Crippen LogP contribution is -2.12. The highest BCUT2D eigenvalue weighted by atomic mass is 16.5. The molecule has 0 atom stereocenters. The fourth-order valence-electron chi connectivity index (χ4n) is 2.78. The zero-order valence-corrected chi connectivity index (χ0v) is 16.2. The molecule has 0 fully saturated rings. The molecule has 0 aliphatic rings. The second-order valence-electron chi connectivity index (χ2n) is 5.95. The first-order valence-electron chi connectivity index (χ1n) is 8.72. The fourth-order valence-corrected chi connectivity index (χ4v) is 2.78. The number of nitrogens with zero attached hydrogens (tertiary/aromatic N) is 4. The predicted molar refractivity (Wildman–Crippen MR) is 113 cm³/mol. The number of pyridine rings is 1. The Balaban J connectivity index is 1.97. The molecule has 6 nitrogen and oxygen atoms in total. The van der Waals surface area contributed by atoms with Crippen molar-refractivity contribution in [2.24, 2.45) is 10.2 Å². The van der Waals surface area contributed by atoms with Gasteiger partial charge in [0, 0.05) is 24.5 Å². The number of hydrogen-bond acceptors (Lipinski definition) is 6. The smallest absolute Gasteiger partial charge is 0.130 e. The lowest BCUT2D eigenvalue weighted by Gasteiger charge is -2.16. The van der Waals surface area contributed by atoms with Crippen molar-refractivity contribution in [3.05, 3.63) is 72.6 Å². The minimum Gasteiger partial charge on any atom is -0.497 e. The van der Waals surface area contributed by atoms with Crippen LogP contribution in [0.2, 0.25) is 0 Å². The Kier molecular flexibility index (Phi) is 6.01. The van der Waals surface area contributed by atoms with Crippen LogP contribution in [0.25, 0.3) is 11.1 Å². The topological polar surface area (TPSA) is 59.3 Å².